The number of aromatic nitrogens is 1. The van der Waals surface area contributed by atoms with E-state index >= 15 is 0 Å². The van der Waals surface area contributed by atoms with Gasteiger partial charge in [0.2, 0.25) is 0 Å². The van der Waals surface area contributed by atoms with Crippen LogP contribution in [0.25, 0.3) is 0 Å². The molecule has 0 radical (unpaired) electrons. The van der Waals surface area contributed by atoms with Crippen molar-refractivity contribution >= 4 is 30.3 Å². The molecule has 1 aliphatic carbocycles. The van der Waals surface area contributed by atoms with Crippen LogP contribution in [-0.2, 0) is 0 Å². The summed E-state index contributed by atoms with van der Waals surface area (Å²) in [7, 11) is 1.77. The van der Waals surface area contributed by atoms with Gasteiger partial charge in [-0.15, -0.1) is 0 Å². The van der Waals surface area contributed by atoms with Gasteiger partial charge in [0.1, 0.15) is 0 Å². The van der Waals surface area contributed by atoms with Crippen molar-refractivity contribution in [2.75, 3.05) is 0 Å². The largest absolute Gasteiger partial charge is 0.287 e. The fourth-order valence-electron chi connectivity index (χ4n) is 1.46. The summed E-state index contributed by atoms with van der Waals surface area (Å²) in [4.78, 5) is 0. The second-order valence-corrected chi connectivity index (χ2v) is 4.67. The zero-order valence-corrected chi connectivity index (χ0v) is 9.14. The quantitative estimate of drug-likeness (QED) is 0.749. The third-order valence-electron chi connectivity index (χ3n) is 2.34. The van der Waals surface area contributed by atoms with Gasteiger partial charge >= 0.3 is 0 Å². The van der Waals surface area contributed by atoms with Crippen LogP contribution in [0.2, 0.25) is 0 Å². The fourth-order valence-corrected chi connectivity index (χ4v) is 2.94. The molecule has 3 heteroatoms. The van der Waals surface area contributed by atoms with Crippen molar-refractivity contribution in [1.82, 2.24) is 3.97 Å². The monoisotopic (exact) mass is 279 g/mol. The molecule has 60 valence electrons. The summed E-state index contributed by atoms with van der Waals surface area (Å²) in [6, 6.07) is 4.38. The zero-order chi connectivity index (χ0) is 7.68. The van der Waals surface area contributed by atoms with Crippen molar-refractivity contribution in [3.05, 3.63) is 24.0 Å². The van der Waals surface area contributed by atoms with E-state index in [9.17, 15) is 0 Å². The molecule has 0 N–H and O–H groups in total. The van der Waals surface area contributed by atoms with Crippen LogP contribution in [0.4, 0.5) is 0 Å². The van der Waals surface area contributed by atoms with Gasteiger partial charge in [-0.25, -0.2) is 0 Å². The van der Waals surface area contributed by atoms with E-state index in [1.54, 1.807) is 9.12 Å². The lowest BCUT2D eigenvalue weighted by atomic mass is 9.83. The third-order valence-corrected chi connectivity index (χ3v) is 4.10. The smallest absolute Gasteiger partial charge is 0.0331 e. The standard InChI is InChI=1S/C8H10INS/c9-11-10-6-2-5-8(10)7-3-1-4-7/h2,5-7H,1,3-4H2. The second kappa shape index (κ2) is 3.39. The number of hydrogen-bond acceptors (Lipinski definition) is 1. The van der Waals surface area contributed by atoms with E-state index in [2.05, 4.69) is 43.5 Å². The van der Waals surface area contributed by atoms with Crippen LogP contribution in [0.1, 0.15) is 30.9 Å². The molecule has 1 fully saturated rings. The van der Waals surface area contributed by atoms with Crippen LogP contribution < -0.4 is 0 Å². The Hall–Kier alpha value is 0.360. The highest BCUT2D eigenvalue weighted by molar-refractivity contribution is 14.2. The first-order chi connectivity index (χ1) is 5.42. The lowest BCUT2D eigenvalue weighted by molar-refractivity contribution is 0.410. The van der Waals surface area contributed by atoms with E-state index in [1.165, 1.54) is 25.0 Å². The van der Waals surface area contributed by atoms with Crippen molar-refractivity contribution < 1.29 is 0 Å². The maximum absolute atomic E-state index is 2.33. The highest BCUT2D eigenvalue weighted by Crippen LogP contribution is 2.38. The minimum Gasteiger partial charge on any atom is -0.287 e. The Morgan fingerprint density at radius 3 is 2.91 bits per heavy atom. The molecule has 0 spiro atoms. The molecule has 2 rings (SSSR count). The number of nitrogens with zero attached hydrogens (tertiary/aromatic N) is 1. The van der Waals surface area contributed by atoms with Gasteiger partial charge in [0.15, 0.2) is 0 Å². The normalized spacial score (nSPS) is 18.3. The molecule has 0 unspecified atom stereocenters. The molecule has 0 aromatic carbocycles. The molecule has 11 heavy (non-hydrogen) atoms. The summed E-state index contributed by atoms with van der Waals surface area (Å²) in [6.07, 6.45) is 6.34. The van der Waals surface area contributed by atoms with Gasteiger partial charge in [-0.1, -0.05) is 6.42 Å². The molecule has 1 heterocycles. The first-order valence-corrected chi connectivity index (χ1v) is 7.20. The predicted octanol–water partition coefficient (Wildman–Crippen LogP) is 3.60. The Labute approximate surface area is 83.3 Å². The van der Waals surface area contributed by atoms with Gasteiger partial charge in [-0.05, 0) is 25.0 Å². The lowest BCUT2D eigenvalue weighted by Gasteiger charge is -2.25. The lowest BCUT2D eigenvalue weighted by Crippen LogP contribution is -2.10. The van der Waals surface area contributed by atoms with E-state index in [1.807, 2.05) is 0 Å². The van der Waals surface area contributed by atoms with E-state index in [0.29, 0.717) is 0 Å². The first-order valence-electron chi connectivity index (χ1n) is 3.88. The molecule has 1 aromatic heterocycles. The van der Waals surface area contributed by atoms with E-state index in [4.69, 9.17) is 0 Å². The first kappa shape index (κ1) is 7.98. The van der Waals surface area contributed by atoms with Gasteiger partial charge in [0, 0.05) is 48.1 Å². The van der Waals surface area contributed by atoms with Crippen LogP contribution in [0.5, 0.6) is 0 Å². The Morgan fingerprint density at radius 2 is 2.36 bits per heavy atom. The predicted molar refractivity (Wildman–Crippen MR) is 58.0 cm³/mol. The molecule has 0 aliphatic heterocycles. The number of halogens is 1. The topological polar surface area (TPSA) is 4.93 Å². The highest BCUT2D eigenvalue weighted by atomic mass is 127. The summed E-state index contributed by atoms with van der Waals surface area (Å²) in [5.41, 5.74) is 1.51. The number of hydrogen-bond donors (Lipinski definition) is 0. The van der Waals surface area contributed by atoms with Crippen molar-refractivity contribution in [1.29, 1.82) is 0 Å². The van der Waals surface area contributed by atoms with Gasteiger partial charge in [0.05, 0.1) is 0 Å². The maximum Gasteiger partial charge on any atom is 0.0331 e. The Morgan fingerprint density at radius 1 is 1.55 bits per heavy atom. The molecule has 1 aliphatic rings. The van der Waals surface area contributed by atoms with Gasteiger partial charge < -0.3 is 0 Å². The maximum atomic E-state index is 2.33. The summed E-state index contributed by atoms with van der Waals surface area (Å²) < 4.78 is 2.27. The molecule has 1 saturated carbocycles. The summed E-state index contributed by atoms with van der Waals surface area (Å²) >= 11 is 2.33. The molecule has 0 atom stereocenters. The average molecular weight is 279 g/mol. The summed E-state index contributed by atoms with van der Waals surface area (Å²) in [6.45, 7) is 0. The Balaban J connectivity index is 2.20. The van der Waals surface area contributed by atoms with Crippen LogP contribution >= 0.6 is 30.3 Å². The Kier molecular flexibility index (Phi) is 2.46. The van der Waals surface area contributed by atoms with Crippen molar-refractivity contribution in [2.24, 2.45) is 0 Å². The third kappa shape index (κ3) is 1.45. The van der Waals surface area contributed by atoms with E-state index in [-0.39, 0.29) is 0 Å². The molecular formula is C8H10INS. The molecule has 1 aromatic rings. The van der Waals surface area contributed by atoms with Gasteiger partial charge in [-0.2, -0.15) is 0 Å². The summed E-state index contributed by atoms with van der Waals surface area (Å²) in [5, 5.41) is 0. The Bertz CT molecular complexity index is 242. The van der Waals surface area contributed by atoms with Crippen molar-refractivity contribution in [2.45, 2.75) is 25.2 Å². The number of rotatable bonds is 2. The molecular weight excluding hydrogens is 269 g/mol. The molecule has 0 bridgehead atoms. The van der Waals surface area contributed by atoms with Gasteiger partial charge in [-0.3, -0.25) is 3.97 Å². The fraction of sp³-hybridized carbons (Fsp3) is 0.500. The molecule has 0 saturated heterocycles. The SMILES string of the molecule is ISn1cccc1C1CCC1. The molecule has 1 nitrogen and oxygen atoms in total. The minimum absolute atomic E-state index is 0.854. The van der Waals surface area contributed by atoms with Crippen LogP contribution in [0, 0.1) is 0 Å². The van der Waals surface area contributed by atoms with Crippen LogP contribution in [0.3, 0.4) is 0 Å². The molecule has 0 amide bonds. The van der Waals surface area contributed by atoms with Crippen molar-refractivity contribution in [3.63, 3.8) is 0 Å². The summed E-state index contributed by atoms with van der Waals surface area (Å²) in [5.74, 6) is 0.854. The highest BCUT2D eigenvalue weighted by Gasteiger charge is 2.21. The second-order valence-electron chi connectivity index (χ2n) is 2.96. The average Bonchev–Trinajstić information content (AvgIpc) is 2.32. The van der Waals surface area contributed by atoms with E-state index in [0.717, 1.165) is 5.92 Å². The minimum atomic E-state index is 0.854. The van der Waals surface area contributed by atoms with Gasteiger partial charge in [0.25, 0.3) is 0 Å². The van der Waals surface area contributed by atoms with Crippen LogP contribution in [0.15, 0.2) is 18.3 Å². The van der Waals surface area contributed by atoms with E-state index < -0.39 is 0 Å². The zero-order valence-electron chi connectivity index (χ0n) is 6.16. The van der Waals surface area contributed by atoms with Crippen LogP contribution in [-0.4, -0.2) is 3.97 Å². The van der Waals surface area contributed by atoms with Crippen molar-refractivity contribution in [3.8, 4) is 0 Å².